The number of hydrogen-bond donors (Lipinski definition) is 1. The molecule has 0 aromatic heterocycles. The molecule has 1 N–H and O–H groups in total. The van der Waals surface area contributed by atoms with E-state index < -0.39 is 6.10 Å². The van der Waals surface area contributed by atoms with Gasteiger partial charge in [-0.3, -0.25) is 0 Å². The largest absolute Gasteiger partial charge is 0.493 e. The van der Waals surface area contributed by atoms with Crippen LogP contribution in [0.1, 0.15) is 44.8 Å². The maximum atomic E-state index is 10.6. The van der Waals surface area contributed by atoms with Crippen molar-refractivity contribution in [1.29, 1.82) is 0 Å². The number of benzene rings is 1. The van der Waals surface area contributed by atoms with Gasteiger partial charge >= 0.3 is 0 Å². The first-order valence-corrected chi connectivity index (χ1v) is 7.46. The van der Waals surface area contributed by atoms with Crippen molar-refractivity contribution in [3.63, 3.8) is 0 Å². The van der Waals surface area contributed by atoms with Crippen LogP contribution in [0, 0.1) is 17.8 Å². The third-order valence-electron chi connectivity index (χ3n) is 4.83. The molecule has 1 fully saturated rings. The van der Waals surface area contributed by atoms with Gasteiger partial charge in [-0.05, 0) is 48.3 Å². The van der Waals surface area contributed by atoms with Crippen LogP contribution in [0.25, 0.3) is 0 Å². The molecule has 0 spiro atoms. The number of ether oxygens (including phenoxy) is 2. The number of methoxy groups -OCH3 is 2. The summed E-state index contributed by atoms with van der Waals surface area (Å²) in [6, 6.07) is 5.70. The van der Waals surface area contributed by atoms with Gasteiger partial charge in [0.2, 0.25) is 0 Å². The number of aliphatic hydroxyl groups is 1. The van der Waals surface area contributed by atoms with Crippen LogP contribution in [-0.2, 0) is 0 Å². The summed E-state index contributed by atoms with van der Waals surface area (Å²) >= 11 is 0. The lowest BCUT2D eigenvalue weighted by Gasteiger charge is -2.34. The minimum absolute atomic E-state index is 0.347. The topological polar surface area (TPSA) is 38.7 Å². The third kappa shape index (κ3) is 3.09. The second-order valence-electron chi connectivity index (χ2n) is 6.09. The Hall–Kier alpha value is -1.22. The zero-order valence-electron chi connectivity index (χ0n) is 12.9. The first kappa shape index (κ1) is 15.2. The van der Waals surface area contributed by atoms with Crippen molar-refractivity contribution < 1.29 is 14.6 Å². The van der Waals surface area contributed by atoms with Crippen molar-refractivity contribution in [1.82, 2.24) is 0 Å². The van der Waals surface area contributed by atoms with E-state index in [1.807, 2.05) is 18.2 Å². The van der Waals surface area contributed by atoms with E-state index in [2.05, 4.69) is 13.8 Å². The zero-order chi connectivity index (χ0) is 14.7. The predicted molar refractivity (Wildman–Crippen MR) is 80.2 cm³/mol. The van der Waals surface area contributed by atoms with E-state index in [4.69, 9.17) is 9.47 Å². The second kappa shape index (κ2) is 6.49. The quantitative estimate of drug-likeness (QED) is 0.910. The molecule has 1 aromatic rings. The molecule has 3 heteroatoms. The average Bonchev–Trinajstić information content (AvgIpc) is 2.48. The number of aliphatic hydroxyl groups excluding tert-OH is 1. The normalized spacial score (nSPS) is 27.9. The van der Waals surface area contributed by atoms with E-state index in [1.165, 1.54) is 6.42 Å². The van der Waals surface area contributed by atoms with E-state index in [-0.39, 0.29) is 0 Å². The van der Waals surface area contributed by atoms with Gasteiger partial charge < -0.3 is 14.6 Å². The minimum atomic E-state index is -0.412. The second-order valence-corrected chi connectivity index (χ2v) is 6.09. The SMILES string of the molecule is COc1ccc(C(O)C2CCC(C)C(C)C2)cc1OC. The van der Waals surface area contributed by atoms with Gasteiger partial charge in [0.15, 0.2) is 11.5 Å². The number of hydrogen-bond acceptors (Lipinski definition) is 3. The molecule has 112 valence electrons. The molecule has 0 amide bonds. The summed E-state index contributed by atoms with van der Waals surface area (Å²) in [5, 5.41) is 10.6. The fourth-order valence-electron chi connectivity index (χ4n) is 3.18. The lowest BCUT2D eigenvalue weighted by molar-refractivity contribution is 0.0559. The Bertz CT molecular complexity index is 444. The van der Waals surface area contributed by atoms with Gasteiger partial charge in [-0.2, -0.15) is 0 Å². The molecule has 1 aliphatic rings. The Morgan fingerprint density at radius 1 is 1.05 bits per heavy atom. The van der Waals surface area contributed by atoms with Gasteiger partial charge in [0.25, 0.3) is 0 Å². The Morgan fingerprint density at radius 3 is 2.35 bits per heavy atom. The summed E-state index contributed by atoms with van der Waals surface area (Å²) in [7, 11) is 3.25. The van der Waals surface area contributed by atoms with Crippen LogP contribution in [0.2, 0.25) is 0 Å². The lowest BCUT2D eigenvalue weighted by atomic mass is 9.73. The first-order chi connectivity index (χ1) is 9.56. The van der Waals surface area contributed by atoms with Crippen molar-refractivity contribution in [2.24, 2.45) is 17.8 Å². The van der Waals surface area contributed by atoms with E-state index in [9.17, 15) is 5.11 Å². The summed E-state index contributed by atoms with van der Waals surface area (Å²) < 4.78 is 10.6. The molecular formula is C17H26O3. The predicted octanol–water partition coefficient (Wildman–Crippen LogP) is 3.81. The molecule has 20 heavy (non-hydrogen) atoms. The molecule has 4 atom stereocenters. The highest BCUT2D eigenvalue weighted by Gasteiger charge is 2.30. The molecule has 0 heterocycles. The van der Waals surface area contributed by atoms with E-state index in [0.717, 1.165) is 24.3 Å². The van der Waals surface area contributed by atoms with Crippen LogP contribution in [0.5, 0.6) is 11.5 Å². The average molecular weight is 278 g/mol. The summed E-state index contributed by atoms with van der Waals surface area (Å²) in [4.78, 5) is 0. The zero-order valence-corrected chi connectivity index (χ0v) is 12.9. The summed E-state index contributed by atoms with van der Waals surface area (Å²) in [5.41, 5.74) is 0.925. The smallest absolute Gasteiger partial charge is 0.161 e. The van der Waals surface area contributed by atoms with Gasteiger partial charge in [0.1, 0.15) is 0 Å². The van der Waals surface area contributed by atoms with Crippen LogP contribution < -0.4 is 9.47 Å². The van der Waals surface area contributed by atoms with Crippen LogP contribution >= 0.6 is 0 Å². The van der Waals surface area contributed by atoms with Gasteiger partial charge in [0, 0.05) is 0 Å². The highest BCUT2D eigenvalue weighted by Crippen LogP contribution is 2.41. The summed E-state index contributed by atoms with van der Waals surface area (Å²) in [6.45, 7) is 4.60. The van der Waals surface area contributed by atoms with Gasteiger partial charge in [-0.15, -0.1) is 0 Å². The standard InChI is InChI=1S/C17H26O3/c1-11-5-6-13(9-12(11)2)17(18)14-7-8-15(19-3)16(10-14)20-4/h7-8,10-13,17-18H,5-6,9H2,1-4H3. The lowest BCUT2D eigenvalue weighted by Crippen LogP contribution is -2.25. The van der Waals surface area contributed by atoms with Crippen LogP contribution in [0.15, 0.2) is 18.2 Å². The van der Waals surface area contributed by atoms with Crippen LogP contribution in [0.4, 0.5) is 0 Å². The number of rotatable bonds is 4. The monoisotopic (exact) mass is 278 g/mol. The summed E-state index contributed by atoms with van der Waals surface area (Å²) in [6.07, 6.45) is 2.98. The third-order valence-corrected chi connectivity index (χ3v) is 4.83. The maximum Gasteiger partial charge on any atom is 0.161 e. The molecule has 1 aliphatic carbocycles. The molecule has 3 nitrogen and oxygen atoms in total. The molecular weight excluding hydrogens is 252 g/mol. The molecule has 0 bridgehead atoms. The van der Waals surface area contributed by atoms with Crippen molar-refractivity contribution in [3.05, 3.63) is 23.8 Å². The van der Waals surface area contributed by atoms with E-state index in [0.29, 0.717) is 23.3 Å². The van der Waals surface area contributed by atoms with E-state index in [1.54, 1.807) is 14.2 Å². The minimum Gasteiger partial charge on any atom is -0.493 e. The van der Waals surface area contributed by atoms with Gasteiger partial charge in [-0.1, -0.05) is 26.3 Å². The fourth-order valence-corrected chi connectivity index (χ4v) is 3.18. The van der Waals surface area contributed by atoms with Crippen molar-refractivity contribution >= 4 is 0 Å². The fraction of sp³-hybridized carbons (Fsp3) is 0.647. The maximum absolute atomic E-state index is 10.6. The Balaban J connectivity index is 2.14. The molecule has 1 saturated carbocycles. The highest BCUT2D eigenvalue weighted by molar-refractivity contribution is 5.43. The van der Waals surface area contributed by atoms with Crippen molar-refractivity contribution in [2.75, 3.05) is 14.2 Å². The Morgan fingerprint density at radius 2 is 1.75 bits per heavy atom. The van der Waals surface area contributed by atoms with Gasteiger partial charge in [0.05, 0.1) is 20.3 Å². The van der Waals surface area contributed by atoms with Gasteiger partial charge in [-0.25, -0.2) is 0 Å². The summed E-state index contributed by atoms with van der Waals surface area (Å²) in [5.74, 6) is 3.18. The highest BCUT2D eigenvalue weighted by atomic mass is 16.5. The molecule has 0 saturated heterocycles. The molecule has 0 radical (unpaired) electrons. The molecule has 2 rings (SSSR count). The molecule has 1 aromatic carbocycles. The molecule has 4 unspecified atom stereocenters. The van der Waals surface area contributed by atoms with Crippen LogP contribution in [0.3, 0.4) is 0 Å². The van der Waals surface area contributed by atoms with Crippen LogP contribution in [-0.4, -0.2) is 19.3 Å². The Labute approximate surface area is 121 Å². The van der Waals surface area contributed by atoms with Crippen molar-refractivity contribution in [2.45, 2.75) is 39.2 Å². The first-order valence-electron chi connectivity index (χ1n) is 7.46. The molecule has 0 aliphatic heterocycles. The Kier molecular flexibility index (Phi) is 4.92. The van der Waals surface area contributed by atoms with Crippen molar-refractivity contribution in [3.8, 4) is 11.5 Å². The van der Waals surface area contributed by atoms with E-state index >= 15 is 0 Å².